The zero-order valence-corrected chi connectivity index (χ0v) is 16.4. The summed E-state index contributed by atoms with van der Waals surface area (Å²) in [7, 11) is 0. The van der Waals surface area contributed by atoms with Crippen LogP contribution < -0.4 is 0 Å². The molecule has 0 bridgehead atoms. The van der Waals surface area contributed by atoms with E-state index in [4.69, 9.17) is 4.74 Å². The summed E-state index contributed by atoms with van der Waals surface area (Å²) >= 11 is 3.37. The van der Waals surface area contributed by atoms with Crippen molar-refractivity contribution in [3.63, 3.8) is 0 Å². The third-order valence-corrected chi connectivity index (χ3v) is 3.01. The Kier molecular flexibility index (Phi) is 6.54. The quantitative estimate of drug-likeness (QED) is 0.604. The normalized spacial score (nSPS) is 11.5. The monoisotopic (exact) mass is 398 g/mol. The molecule has 1 heterocycles. The van der Waals surface area contributed by atoms with Gasteiger partial charge in [-0.15, -0.1) is 0 Å². The minimum Gasteiger partial charge on any atom is -0.462 e. The molecule has 1 aromatic heterocycles. The SMILES string of the molecule is CC(C)(C)OC(=O)c1n[nH]c2ccc(Br)cc12.CC(C)(C)OC=O. The number of aromatic amines is 1. The summed E-state index contributed by atoms with van der Waals surface area (Å²) < 4.78 is 10.7. The Balaban J connectivity index is 0.000000351. The van der Waals surface area contributed by atoms with Gasteiger partial charge in [0.2, 0.25) is 0 Å². The van der Waals surface area contributed by atoms with E-state index in [1.807, 2.05) is 59.7 Å². The van der Waals surface area contributed by atoms with Gasteiger partial charge in [0.05, 0.1) is 5.52 Å². The number of ether oxygens (including phenoxy) is 2. The van der Waals surface area contributed by atoms with Crippen LogP contribution in [0.2, 0.25) is 0 Å². The van der Waals surface area contributed by atoms with E-state index in [0.717, 1.165) is 15.4 Å². The first-order valence-corrected chi connectivity index (χ1v) is 8.21. The Hall–Kier alpha value is -1.89. The van der Waals surface area contributed by atoms with Crippen LogP contribution in [0.3, 0.4) is 0 Å². The minimum absolute atomic E-state index is 0.316. The highest BCUT2D eigenvalue weighted by molar-refractivity contribution is 9.10. The van der Waals surface area contributed by atoms with Crippen molar-refractivity contribution in [3.8, 4) is 0 Å². The average molecular weight is 399 g/mol. The van der Waals surface area contributed by atoms with E-state index in [1.165, 1.54) is 0 Å². The molecule has 0 aliphatic carbocycles. The lowest BCUT2D eigenvalue weighted by Gasteiger charge is -2.18. The maximum absolute atomic E-state index is 11.9. The summed E-state index contributed by atoms with van der Waals surface area (Å²) in [5.41, 5.74) is 0.293. The molecule has 0 aliphatic heterocycles. The van der Waals surface area contributed by atoms with E-state index in [1.54, 1.807) is 0 Å². The summed E-state index contributed by atoms with van der Waals surface area (Å²) in [6.45, 7) is 11.4. The average Bonchev–Trinajstić information content (AvgIpc) is 2.78. The van der Waals surface area contributed by atoms with E-state index in [-0.39, 0.29) is 5.60 Å². The van der Waals surface area contributed by atoms with Gasteiger partial charge in [0.1, 0.15) is 11.2 Å². The van der Waals surface area contributed by atoms with E-state index in [9.17, 15) is 9.59 Å². The molecule has 0 saturated heterocycles. The fourth-order valence-corrected chi connectivity index (χ4v) is 1.97. The van der Waals surface area contributed by atoms with Crippen molar-refractivity contribution in [1.29, 1.82) is 0 Å². The van der Waals surface area contributed by atoms with Gasteiger partial charge in [0.25, 0.3) is 6.47 Å². The van der Waals surface area contributed by atoms with Gasteiger partial charge in [0.15, 0.2) is 5.69 Å². The predicted octanol–water partition coefficient (Wildman–Crippen LogP) is 4.24. The Morgan fingerprint density at radius 1 is 1.17 bits per heavy atom. The van der Waals surface area contributed by atoms with Crippen LogP contribution >= 0.6 is 15.9 Å². The number of hydrogen-bond acceptors (Lipinski definition) is 5. The molecule has 0 aliphatic rings. The van der Waals surface area contributed by atoms with Crippen molar-refractivity contribution < 1.29 is 19.1 Å². The Morgan fingerprint density at radius 3 is 2.25 bits per heavy atom. The van der Waals surface area contributed by atoms with E-state index in [2.05, 4.69) is 30.9 Å². The van der Waals surface area contributed by atoms with Gasteiger partial charge in [0, 0.05) is 9.86 Å². The number of aromatic nitrogens is 2. The lowest BCUT2D eigenvalue weighted by atomic mass is 10.2. The van der Waals surface area contributed by atoms with Crippen molar-refractivity contribution >= 4 is 39.3 Å². The zero-order chi connectivity index (χ0) is 18.5. The first kappa shape index (κ1) is 20.2. The van der Waals surface area contributed by atoms with Gasteiger partial charge in [-0.1, -0.05) is 15.9 Å². The zero-order valence-electron chi connectivity index (χ0n) is 14.8. The molecule has 2 rings (SSSR count). The second kappa shape index (κ2) is 7.79. The number of rotatable bonds is 2. The molecule has 6 nitrogen and oxygen atoms in total. The molecule has 0 amide bonds. The second-order valence-electron chi connectivity index (χ2n) is 7.09. The molecule has 0 unspecified atom stereocenters. The largest absolute Gasteiger partial charge is 0.462 e. The van der Waals surface area contributed by atoms with Crippen molar-refractivity contribution in [3.05, 3.63) is 28.4 Å². The first-order chi connectivity index (χ1) is 10.9. The number of fused-ring (bicyclic) bond motifs is 1. The van der Waals surface area contributed by atoms with E-state index < -0.39 is 11.6 Å². The molecule has 2 aromatic rings. The lowest BCUT2D eigenvalue weighted by Crippen LogP contribution is -2.24. The third kappa shape index (κ3) is 6.70. The highest BCUT2D eigenvalue weighted by atomic mass is 79.9. The predicted molar refractivity (Wildman–Crippen MR) is 95.9 cm³/mol. The third-order valence-electron chi connectivity index (χ3n) is 2.52. The van der Waals surface area contributed by atoms with Gasteiger partial charge in [-0.2, -0.15) is 5.10 Å². The van der Waals surface area contributed by atoms with Gasteiger partial charge in [-0.05, 0) is 59.7 Å². The number of nitrogens with one attached hydrogen (secondary N) is 1. The summed E-state index contributed by atoms with van der Waals surface area (Å²) in [5.74, 6) is -0.415. The fraction of sp³-hybridized carbons (Fsp3) is 0.471. The first-order valence-electron chi connectivity index (χ1n) is 7.41. The summed E-state index contributed by atoms with van der Waals surface area (Å²) in [4.78, 5) is 21.5. The molecule has 1 N–H and O–H groups in total. The van der Waals surface area contributed by atoms with Crippen LogP contribution in [-0.4, -0.2) is 33.8 Å². The number of benzene rings is 1. The number of H-pyrrole nitrogens is 1. The summed E-state index contributed by atoms with van der Waals surface area (Å²) in [6.07, 6.45) is 0. The van der Waals surface area contributed by atoms with Crippen LogP contribution in [0, 0.1) is 0 Å². The van der Waals surface area contributed by atoms with Gasteiger partial charge < -0.3 is 9.47 Å². The molecule has 0 atom stereocenters. The van der Waals surface area contributed by atoms with E-state index in [0.29, 0.717) is 12.2 Å². The Labute approximate surface area is 150 Å². The van der Waals surface area contributed by atoms with Crippen LogP contribution in [-0.2, 0) is 14.3 Å². The fourth-order valence-electron chi connectivity index (χ4n) is 1.61. The van der Waals surface area contributed by atoms with Gasteiger partial charge in [-0.25, -0.2) is 4.79 Å². The summed E-state index contributed by atoms with van der Waals surface area (Å²) in [5, 5.41) is 7.57. The molecule has 0 radical (unpaired) electrons. The van der Waals surface area contributed by atoms with Crippen LogP contribution in [0.15, 0.2) is 22.7 Å². The Morgan fingerprint density at radius 2 is 1.79 bits per heavy atom. The highest BCUT2D eigenvalue weighted by Gasteiger charge is 2.22. The molecular weight excluding hydrogens is 376 g/mol. The molecule has 0 saturated carbocycles. The molecule has 0 fully saturated rings. The van der Waals surface area contributed by atoms with Crippen molar-refractivity contribution in [2.24, 2.45) is 0 Å². The standard InChI is InChI=1S/C12H13BrN2O2.C5H10O2/c1-12(2,3)17-11(16)10-8-6-7(13)4-5-9(8)14-15-10;1-5(2,3)7-4-6/h4-6H,1-3H3,(H,14,15);4H,1-3H3. The maximum atomic E-state index is 11.9. The van der Waals surface area contributed by atoms with Crippen LogP contribution in [0.5, 0.6) is 0 Å². The van der Waals surface area contributed by atoms with Crippen LogP contribution in [0.1, 0.15) is 52.0 Å². The number of carbonyl (C=O) groups excluding carboxylic acids is 2. The number of hydrogen-bond donors (Lipinski definition) is 1. The molecule has 132 valence electrons. The van der Waals surface area contributed by atoms with Crippen molar-refractivity contribution in [1.82, 2.24) is 10.2 Å². The van der Waals surface area contributed by atoms with Crippen LogP contribution in [0.4, 0.5) is 0 Å². The van der Waals surface area contributed by atoms with Gasteiger partial charge in [-0.3, -0.25) is 9.89 Å². The number of nitrogens with zero attached hydrogens (tertiary/aromatic N) is 1. The number of carbonyl (C=O) groups is 2. The second-order valence-corrected chi connectivity index (χ2v) is 8.01. The smallest absolute Gasteiger partial charge is 0.360 e. The molecule has 1 aromatic carbocycles. The molecule has 7 heteroatoms. The maximum Gasteiger partial charge on any atom is 0.360 e. The van der Waals surface area contributed by atoms with Gasteiger partial charge >= 0.3 is 5.97 Å². The molecule has 0 spiro atoms. The van der Waals surface area contributed by atoms with Crippen LogP contribution in [0.25, 0.3) is 10.9 Å². The minimum atomic E-state index is -0.519. The van der Waals surface area contributed by atoms with Crippen molar-refractivity contribution in [2.45, 2.75) is 52.7 Å². The molecule has 24 heavy (non-hydrogen) atoms. The molecular formula is C17H23BrN2O4. The van der Waals surface area contributed by atoms with Crippen molar-refractivity contribution in [2.75, 3.05) is 0 Å². The number of halogens is 1. The lowest BCUT2D eigenvalue weighted by molar-refractivity contribution is -0.138. The highest BCUT2D eigenvalue weighted by Crippen LogP contribution is 2.22. The van der Waals surface area contributed by atoms with E-state index >= 15 is 0 Å². The Bertz CT molecular complexity index is 711. The number of esters is 1. The summed E-state index contributed by atoms with van der Waals surface area (Å²) in [6, 6.07) is 5.59. The topological polar surface area (TPSA) is 81.3 Å².